The number of thiazole rings is 1. The van der Waals surface area contributed by atoms with Gasteiger partial charge < -0.3 is 9.47 Å². The maximum atomic E-state index is 13.5. The lowest BCUT2D eigenvalue weighted by molar-refractivity contribution is -0.127. The molecule has 30 heavy (non-hydrogen) atoms. The van der Waals surface area contributed by atoms with Gasteiger partial charge in [0.25, 0.3) is 5.91 Å². The highest BCUT2D eigenvalue weighted by molar-refractivity contribution is 7.22. The fourth-order valence-corrected chi connectivity index (χ4v) is 4.46. The van der Waals surface area contributed by atoms with Crippen molar-refractivity contribution < 1.29 is 14.3 Å². The second-order valence-electron chi connectivity index (χ2n) is 6.72. The van der Waals surface area contributed by atoms with Gasteiger partial charge in [-0.05, 0) is 42.5 Å². The number of anilines is 1. The zero-order chi connectivity index (χ0) is 20.5. The molecule has 1 aliphatic heterocycles. The smallest absolute Gasteiger partial charge is 0.273 e. The molecule has 0 fully saturated rings. The van der Waals surface area contributed by atoms with Crippen LogP contribution in [0.2, 0.25) is 5.02 Å². The molecule has 1 amide bonds. The van der Waals surface area contributed by atoms with Crippen LogP contribution in [-0.2, 0) is 11.3 Å². The Morgan fingerprint density at radius 2 is 1.97 bits per heavy atom. The van der Waals surface area contributed by atoms with Gasteiger partial charge in [0.05, 0.1) is 22.5 Å². The number of carbonyl (C=O) groups excluding carboxylic acids is 1. The third-order valence-corrected chi connectivity index (χ3v) is 5.94. The first kappa shape index (κ1) is 18.8. The summed E-state index contributed by atoms with van der Waals surface area (Å²) in [5.41, 5.74) is 1.53. The highest BCUT2D eigenvalue weighted by atomic mass is 35.5. The number of nitrogens with zero attached hydrogens (tertiary/aromatic N) is 3. The molecule has 0 saturated heterocycles. The minimum absolute atomic E-state index is 0.130. The number of carbonyl (C=O) groups is 1. The second-order valence-corrected chi connectivity index (χ2v) is 8.16. The highest BCUT2D eigenvalue weighted by Crippen LogP contribution is 2.34. The van der Waals surface area contributed by atoms with E-state index in [4.69, 9.17) is 21.1 Å². The van der Waals surface area contributed by atoms with Gasteiger partial charge in [-0.3, -0.25) is 14.7 Å². The van der Waals surface area contributed by atoms with Crippen LogP contribution in [-0.4, -0.2) is 28.6 Å². The summed E-state index contributed by atoms with van der Waals surface area (Å²) in [4.78, 5) is 24.1. The van der Waals surface area contributed by atoms with E-state index in [2.05, 4.69) is 9.97 Å². The molecule has 0 radical (unpaired) electrons. The molecule has 3 heterocycles. The van der Waals surface area contributed by atoms with Gasteiger partial charge in [0.15, 0.2) is 16.6 Å². The predicted octanol–water partition coefficient (Wildman–Crippen LogP) is 4.72. The van der Waals surface area contributed by atoms with Crippen LogP contribution < -0.4 is 14.4 Å². The zero-order valence-electron chi connectivity index (χ0n) is 15.7. The monoisotopic (exact) mass is 437 g/mol. The summed E-state index contributed by atoms with van der Waals surface area (Å²) in [6.45, 7) is 0.403. The van der Waals surface area contributed by atoms with E-state index < -0.39 is 6.10 Å². The van der Waals surface area contributed by atoms with Crippen molar-refractivity contribution in [1.82, 2.24) is 9.97 Å². The Balaban J connectivity index is 1.49. The Kier molecular flexibility index (Phi) is 4.98. The summed E-state index contributed by atoms with van der Waals surface area (Å²) in [7, 11) is 0. The van der Waals surface area contributed by atoms with Crippen LogP contribution >= 0.6 is 22.9 Å². The summed E-state index contributed by atoms with van der Waals surface area (Å²) in [5, 5.41) is 1.19. The number of rotatable bonds is 4. The Hall–Kier alpha value is -3.16. The minimum Gasteiger partial charge on any atom is -0.485 e. The van der Waals surface area contributed by atoms with Crippen molar-refractivity contribution in [2.24, 2.45) is 0 Å². The van der Waals surface area contributed by atoms with Gasteiger partial charge in [-0.15, -0.1) is 0 Å². The molecule has 0 bridgehead atoms. The quantitative estimate of drug-likeness (QED) is 0.462. The summed E-state index contributed by atoms with van der Waals surface area (Å²) >= 11 is 7.52. The van der Waals surface area contributed by atoms with Crippen molar-refractivity contribution in [2.75, 3.05) is 11.5 Å². The first-order chi connectivity index (χ1) is 14.7. The number of amides is 1. The molecule has 0 aliphatic carbocycles. The van der Waals surface area contributed by atoms with Crippen LogP contribution in [0, 0.1) is 0 Å². The lowest BCUT2D eigenvalue weighted by atomic mass is 10.2. The maximum Gasteiger partial charge on any atom is 0.273 e. The van der Waals surface area contributed by atoms with E-state index in [0.717, 1.165) is 15.9 Å². The van der Waals surface area contributed by atoms with E-state index in [1.807, 2.05) is 48.5 Å². The molecule has 8 heteroatoms. The van der Waals surface area contributed by atoms with E-state index in [0.29, 0.717) is 21.7 Å². The van der Waals surface area contributed by atoms with Crippen molar-refractivity contribution in [2.45, 2.75) is 12.6 Å². The number of benzene rings is 2. The van der Waals surface area contributed by atoms with Crippen molar-refractivity contribution in [3.8, 4) is 11.5 Å². The molecule has 0 unspecified atom stereocenters. The molecule has 6 nitrogen and oxygen atoms in total. The summed E-state index contributed by atoms with van der Waals surface area (Å²) < 4.78 is 12.6. The summed E-state index contributed by atoms with van der Waals surface area (Å²) in [6.07, 6.45) is 0.922. The first-order valence-corrected chi connectivity index (χ1v) is 10.5. The molecule has 0 spiro atoms. The van der Waals surface area contributed by atoms with Crippen LogP contribution in [0.3, 0.4) is 0 Å². The molecule has 2 aromatic heterocycles. The standard InChI is InChI=1S/C22H16ClN3O3S/c23-14-8-9-16-20(11-14)30-22(25-16)26(12-15-5-3-4-10-24-15)21(27)19-13-28-17-6-1-2-7-18(17)29-19/h1-11,19H,12-13H2/t19-/m0/s1. The van der Waals surface area contributed by atoms with E-state index in [1.165, 1.54) is 11.3 Å². The third kappa shape index (κ3) is 3.69. The predicted molar refractivity (Wildman–Crippen MR) is 116 cm³/mol. The lowest BCUT2D eigenvalue weighted by Gasteiger charge is -2.29. The fourth-order valence-electron chi connectivity index (χ4n) is 3.21. The van der Waals surface area contributed by atoms with Crippen LogP contribution in [0.1, 0.15) is 5.69 Å². The van der Waals surface area contributed by atoms with Crippen LogP contribution in [0.5, 0.6) is 11.5 Å². The number of hydrogen-bond donors (Lipinski definition) is 0. The summed E-state index contributed by atoms with van der Waals surface area (Å²) in [6, 6.07) is 18.4. The molecule has 150 valence electrons. The topological polar surface area (TPSA) is 64.6 Å². The van der Waals surface area contributed by atoms with Crippen molar-refractivity contribution in [3.05, 3.63) is 77.6 Å². The number of fused-ring (bicyclic) bond motifs is 2. The lowest BCUT2D eigenvalue weighted by Crippen LogP contribution is -2.46. The number of halogens is 1. The van der Waals surface area contributed by atoms with Crippen LogP contribution in [0.25, 0.3) is 10.2 Å². The van der Waals surface area contributed by atoms with E-state index in [9.17, 15) is 4.79 Å². The van der Waals surface area contributed by atoms with Crippen molar-refractivity contribution >= 4 is 44.2 Å². The Labute approximate surface area is 181 Å². The third-order valence-electron chi connectivity index (χ3n) is 4.67. The van der Waals surface area contributed by atoms with E-state index in [1.54, 1.807) is 23.2 Å². The number of pyridine rings is 1. The van der Waals surface area contributed by atoms with Crippen LogP contribution in [0.15, 0.2) is 66.9 Å². The Morgan fingerprint density at radius 1 is 1.13 bits per heavy atom. The Bertz CT molecular complexity index is 1210. The zero-order valence-corrected chi connectivity index (χ0v) is 17.3. The normalized spacial score (nSPS) is 15.2. The average Bonchev–Trinajstić information content (AvgIpc) is 3.20. The molecular weight excluding hydrogens is 422 g/mol. The number of ether oxygens (including phenoxy) is 2. The minimum atomic E-state index is -0.779. The van der Waals surface area contributed by atoms with Gasteiger partial charge in [-0.25, -0.2) is 4.98 Å². The molecule has 1 aliphatic rings. The van der Waals surface area contributed by atoms with Crippen molar-refractivity contribution in [1.29, 1.82) is 0 Å². The van der Waals surface area contributed by atoms with Crippen molar-refractivity contribution in [3.63, 3.8) is 0 Å². The van der Waals surface area contributed by atoms with Gasteiger partial charge in [0, 0.05) is 11.2 Å². The van der Waals surface area contributed by atoms with E-state index >= 15 is 0 Å². The van der Waals surface area contributed by atoms with Gasteiger partial charge >= 0.3 is 0 Å². The molecule has 1 atom stereocenters. The maximum absolute atomic E-state index is 13.5. The molecular formula is C22H16ClN3O3S. The SMILES string of the molecule is O=C([C@@H]1COc2ccccc2O1)N(Cc1ccccn1)c1nc2ccc(Cl)cc2s1. The fraction of sp³-hybridized carbons (Fsp3) is 0.136. The molecule has 0 N–H and O–H groups in total. The number of para-hydroxylation sites is 2. The number of hydrogen-bond acceptors (Lipinski definition) is 6. The van der Waals surface area contributed by atoms with Gasteiger partial charge in [0.2, 0.25) is 6.10 Å². The van der Waals surface area contributed by atoms with Crippen LogP contribution in [0.4, 0.5) is 5.13 Å². The first-order valence-electron chi connectivity index (χ1n) is 9.33. The molecule has 4 aromatic rings. The highest BCUT2D eigenvalue weighted by Gasteiger charge is 2.33. The van der Waals surface area contributed by atoms with Gasteiger partial charge in [-0.2, -0.15) is 0 Å². The largest absolute Gasteiger partial charge is 0.485 e. The Morgan fingerprint density at radius 3 is 2.80 bits per heavy atom. The van der Waals surface area contributed by atoms with E-state index in [-0.39, 0.29) is 19.1 Å². The molecule has 5 rings (SSSR count). The molecule has 0 saturated carbocycles. The van der Waals surface area contributed by atoms with Gasteiger partial charge in [-0.1, -0.05) is 41.1 Å². The average molecular weight is 438 g/mol. The number of aromatic nitrogens is 2. The van der Waals surface area contributed by atoms with Gasteiger partial charge in [0.1, 0.15) is 6.61 Å². The second kappa shape index (κ2) is 7.93. The molecule has 2 aromatic carbocycles. The summed E-state index contributed by atoms with van der Waals surface area (Å²) in [5.74, 6) is 0.948.